The second-order valence-electron chi connectivity index (χ2n) is 10.8. The topological polar surface area (TPSA) is 36.9 Å². The normalized spacial score (nSPS) is 12.0. The summed E-state index contributed by atoms with van der Waals surface area (Å²) in [5.74, 6) is 3.44. The van der Waals surface area contributed by atoms with Crippen LogP contribution in [0.25, 0.3) is 0 Å². The molecule has 0 radical (unpaired) electrons. The fourth-order valence-corrected chi connectivity index (χ4v) is 5.91. The second-order valence-corrected chi connectivity index (χ2v) is 15.5. The summed E-state index contributed by atoms with van der Waals surface area (Å²) in [4.78, 5) is 2.75. The van der Waals surface area contributed by atoms with Gasteiger partial charge in [0.05, 0.1) is 0 Å². The van der Waals surface area contributed by atoms with Gasteiger partial charge in [0.1, 0.15) is 49.4 Å². The van der Waals surface area contributed by atoms with Crippen LogP contribution in [0.5, 0.6) is 23.0 Å². The maximum atomic E-state index is 5.92. The standard InChI is InChI=1S/C35H44O4S2/c1-35(2,27-7-11-29(12-8-27)36-23-25-38-31-15-19-33(20-16-31)40(3)4)28-9-13-30(14-10-28)37-24-26-39-32-17-21-34(22-18-32)41(5)6/h7-22,40-41H,23-26H2,1-6H3. The van der Waals surface area contributed by atoms with Gasteiger partial charge in [-0.15, -0.1) is 0 Å². The van der Waals surface area contributed by atoms with Gasteiger partial charge >= 0.3 is 0 Å². The lowest BCUT2D eigenvalue weighted by Gasteiger charge is -2.26. The van der Waals surface area contributed by atoms with Gasteiger partial charge in [-0.3, -0.25) is 0 Å². The van der Waals surface area contributed by atoms with Crippen molar-refractivity contribution in [1.29, 1.82) is 0 Å². The molecule has 6 heteroatoms. The van der Waals surface area contributed by atoms with E-state index < -0.39 is 0 Å². The second kappa shape index (κ2) is 14.6. The Bertz CT molecular complexity index is 1230. The molecule has 0 heterocycles. The molecule has 0 amide bonds. The van der Waals surface area contributed by atoms with Gasteiger partial charge in [-0.05, 0) is 119 Å². The largest absolute Gasteiger partial charge is 0.490 e. The summed E-state index contributed by atoms with van der Waals surface area (Å²) >= 11 is 0. The minimum atomic E-state index is -0.157. The van der Waals surface area contributed by atoms with Crippen LogP contribution < -0.4 is 18.9 Å². The Morgan fingerprint density at radius 1 is 0.415 bits per heavy atom. The Hall–Kier alpha value is -3.22. The van der Waals surface area contributed by atoms with Crippen molar-refractivity contribution in [3.63, 3.8) is 0 Å². The molecule has 0 aliphatic carbocycles. The first kappa shape index (κ1) is 30.7. The first-order chi connectivity index (χ1) is 19.7. The molecule has 4 aromatic rings. The van der Waals surface area contributed by atoms with Crippen LogP contribution in [0.15, 0.2) is 107 Å². The van der Waals surface area contributed by atoms with Crippen molar-refractivity contribution < 1.29 is 18.9 Å². The van der Waals surface area contributed by atoms with Gasteiger partial charge in [0.25, 0.3) is 0 Å². The molecule has 0 unspecified atom stereocenters. The van der Waals surface area contributed by atoms with Crippen molar-refractivity contribution in [3.05, 3.63) is 108 Å². The van der Waals surface area contributed by atoms with E-state index >= 15 is 0 Å². The average Bonchev–Trinajstić information content (AvgIpc) is 2.98. The molecule has 0 aliphatic rings. The third kappa shape index (κ3) is 8.88. The lowest BCUT2D eigenvalue weighted by molar-refractivity contribution is 0.217. The van der Waals surface area contributed by atoms with Gasteiger partial charge < -0.3 is 18.9 Å². The lowest BCUT2D eigenvalue weighted by Crippen LogP contribution is -2.19. The Morgan fingerprint density at radius 3 is 0.902 bits per heavy atom. The van der Waals surface area contributed by atoms with E-state index in [-0.39, 0.29) is 27.2 Å². The van der Waals surface area contributed by atoms with E-state index in [2.05, 4.69) is 87.4 Å². The number of ether oxygens (including phenoxy) is 4. The minimum absolute atomic E-state index is 0.0841. The van der Waals surface area contributed by atoms with Crippen LogP contribution >= 0.6 is 21.8 Å². The van der Waals surface area contributed by atoms with Crippen LogP contribution in [0.2, 0.25) is 0 Å². The summed E-state index contributed by atoms with van der Waals surface area (Å²) in [7, 11) is -0.168. The number of rotatable bonds is 14. The van der Waals surface area contributed by atoms with Gasteiger partial charge in [0.15, 0.2) is 0 Å². The molecule has 0 spiro atoms. The molecular formula is C35H44O4S2. The third-order valence-electron chi connectivity index (χ3n) is 7.10. The maximum absolute atomic E-state index is 5.92. The SMILES string of the molecule is C[SH](C)c1ccc(OCCOc2ccc(C(C)(C)c3ccc(OCCOc4ccc([SH](C)C)cc4)cc3)cc2)cc1. The van der Waals surface area contributed by atoms with E-state index in [1.165, 1.54) is 20.9 Å². The van der Waals surface area contributed by atoms with E-state index in [1.54, 1.807) is 0 Å². The number of benzene rings is 4. The lowest BCUT2D eigenvalue weighted by atomic mass is 9.78. The smallest absolute Gasteiger partial charge is 0.122 e. The van der Waals surface area contributed by atoms with E-state index in [0.717, 1.165) is 23.0 Å². The molecule has 0 N–H and O–H groups in total. The van der Waals surface area contributed by atoms with Gasteiger partial charge in [-0.2, -0.15) is 0 Å². The molecule has 0 fully saturated rings. The Labute approximate surface area is 251 Å². The monoisotopic (exact) mass is 592 g/mol. The van der Waals surface area contributed by atoms with E-state index in [1.807, 2.05) is 48.5 Å². The highest BCUT2D eigenvalue weighted by Crippen LogP contribution is 2.34. The summed E-state index contributed by atoms with van der Waals surface area (Å²) in [5.41, 5.74) is 2.29. The van der Waals surface area contributed by atoms with Crippen molar-refractivity contribution in [2.24, 2.45) is 0 Å². The molecule has 0 atom stereocenters. The van der Waals surface area contributed by atoms with Crippen LogP contribution in [0.4, 0.5) is 0 Å². The van der Waals surface area contributed by atoms with E-state index in [0.29, 0.717) is 26.4 Å². The van der Waals surface area contributed by atoms with Crippen LogP contribution in [-0.4, -0.2) is 51.5 Å². The highest BCUT2D eigenvalue weighted by atomic mass is 32.2. The van der Waals surface area contributed by atoms with Crippen molar-refractivity contribution in [2.75, 3.05) is 51.5 Å². The molecule has 0 aromatic heterocycles. The molecule has 0 bridgehead atoms. The molecule has 4 aromatic carbocycles. The van der Waals surface area contributed by atoms with Crippen LogP contribution in [0, 0.1) is 0 Å². The van der Waals surface area contributed by atoms with Crippen molar-refractivity contribution >= 4 is 21.8 Å². The predicted molar refractivity (Wildman–Crippen MR) is 178 cm³/mol. The van der Waals surface area contributed by atoms with Crippen molar-refractivity contribution in [3.8, 4) is 23.0 Å². The predicted octanol–water partition coefficient (Wildman–Crippen LogP) is 8.17. The summed E-state index contributed by atoms with van der Waals surface area (Å²) in [6.07, 6.45) is 9.02. The van der Waals surface area contributed by atoms with Gasteiger partial charge in [-0.25, -0.2) is 21.8 Å². The number of hydrogen-bond acceptors (Lipinski definition) is 4. The van der Waals surface area contributed by atoms with Crippen LogP contribution in [-0.2, 0) is 5.41 Å². The Kier molecular flexibility index (Phi) is 10.9. The highest BCUT2D eigenvalue weighted by molar-refractivity contribution is 8.16. The van der Waals surface area contributed by atoms with Crippen LogP contribution in [0.1, 0.15) is 25.0 Å². The Morgan fingerprint density at radius 2 is 0.659 bits per heavy atom. The Balaban J connectivity index is 1.21. The van der Waals surface area contributed by atoms with E-state index in [9.17, 15) is 0 Å². The number of hydrogen-bond donors (Lipinski definition) is 2. The molecular weight excluding hydrogens is 549 g/mol. The molecule has 4 nitrogen and oxygen atoms in total. The zero-order valence-electron chi connectivity index (χ0n) is 25.1. The molecule has 0 saturated heterocycles. The molecule has 41 heavy (non-hydrogen) atoms. The van der Waals surface area contributed by atoms with Crippen LogP contribution in [0.3, 0.4) is 0 Å². The summed E-state index contributed by atoms with van der Waals surface area (Å²) < 4.78 is 23.5. The highest BCUT2D eigenvalue weighted by Gasteiger charge is 2.23. The van der Waals surface area contributed by atoms with Gasteiger partial charge in [-0.1, -0.05) is 38.1 Å². The van der Waals surface area contributed by atoms with Crippen molar-refractivity contribution in [1.82, 2.24) is 0 Å². The minimum Gasteiger partial charge on any atom is -0.490 e. The zero-order chi connectivity index (χ0) is 29.2. The maximum Gasteiger partial charge on any atom is 0.122 e. The fraction of sp³-hybridized carbons (Fsp3) is 0.314. The number of thiol groups is 2. The van der Waals surface area contributed by atoms with E-state index in [4.69, 9.17) is 18.9 Å². The molecule has 220 valence electrons. The van der Waals surface area contributed by atoms with Crippen molar-refractivity contribution in [2.45, 2.75) is 29.1 Å². The zero-order valence-corrected chi connectivity index (χ0v) is 26.9. The van der Waals surface area contributed by atoms with Gasteiger partial charge in [0, 0.05) is 5.41 Å². The fourth-order valence-electron chi connectivity index (χ4n) is 4.42. The summed E-state index contributed by atoms with van der Waals surface area (Å²) in [5, 5.41) is 0. The first-order valence-electron chi connectivity index (χ1n) is 14.0. The molecule has 4 rings (SSSR count). The summed E-state index contributed by atoms with van der Waals surface area (Å²) in [6.45, 7) is 6.47. The third-order valence-corrected chi connectivity index (χ3v) is 9.76. The quantitative estimate of drug-likeness (QED) is 0.114. The molecule has 0 aliphatic heterocycles. The molecule has 0 saturated carbocycles. The summed E-state index contributed by atoms with van der Waals surface area (Å²) in [6, 6.07) is 33.4. The first-order valence-corrected chi connectivity index (χ1v) is 18.5. The van der Waals surface area contributed by atoms with Gasteiger partial charge in [0.2, 0.25) is 0 Å². The average molecular weight is 593 g/mol.